The third-order valence-corrected chi connectivity index (χ3v) is 5.53. The van der Waals surface area contributed by atoms with Crippen LogP contribution in [0.2, 0.25) is 0 Å². The standard InChI is InChI=1S/C28H34N4O3/c1-7-32(8-2)26-17-22(10-9-20(26)3)11-12-23-15-24(18-25(16-23)35-21(4)19-34-6)28(33)29-27-13-14-31(5)30-27/h9-10,13-18,21H,7-8,19H2,1-6H3,(H,29,30,33)/t21-/m0/s1. The molecule has 3 rings (SSSR count). The topological polar surface area (TPSA) is 68.6 Å². The number of rotatable bonds is 9. The zero-order valence-corrected chi connectivity index (χ0v) is 21.4. The smallest absolute Gasteiger partial charge is 0.257 e. The van der Waals surface area contributed by atoms with Gasteiger partial charge in [0.1, 0.15) is 11.9 Å². The van der Waals surface area contributed by atoms with E-state index >= 15 is 0 Å². The van der Waals surface area contributed by atoms with Gasteiger partial charge in [-0.15, -0.1) is 0 Å². The Kier molecular flexibility index (Phi) is 8.93. The molecule has 184 valence electrons. The van der Waals surface area contributed by atoms with E-state index < -0.39 is 0 Å². The van der Waals surface area contributed by atoms with Crippen LogP contribution in [0, 0.1) is 18.8 Å². The molecule has 3 aromatic rings. The second-order valence-corrected chi connectivity index (χ2v) is 8.38. The highest BCUT2D eigenvalue weighted by Gasteiger charge is 2.13. The van der Waals surface area contributed by atoms with Crippen LogP contribution in [0.15, 0.2) is 48.7 Å². The van der Waals surface area contributed by atoms with Crippen molar-refractivity contribution in [2.24, 2.45) is 7.05 Å². The Morgan fingerprint density at radius 3 is 2.51 bits per heavy atom. The fourth-order valence-electron chi connectivity index (χ4n) is 3.78. The Labute approximate surface area is 208 Å². The van der Waals surface area contributed by atoms with Gasteiger partial charge in [0, 0.05) is 61.9 Å². The summed E-state index contributed by atoms with van der Waals surface area (Å²) in [6.45, 7) is 10.6. The molecule has 0 unspecified atom stereocenters. The molecule has 0 aliphatic carbocycles. The van der Waals surface area contributed by atoms with Gasteiger partial charge < -0.3 is 19.7 Å². The summed E-state index contributed by atoms with van der Waals surface area (Å²) in [4.78, 5) is 15.3. The van der Waals surface area contributed by atoms with E-state index in [-0.39, 0.29) is 12.0 Å². The number of hydrogen-bond donors (Lipinski definition) is 1. The second-order valence-electron chi connectivity index (χ2n) is 8.38. The summed E-state index contributed by atoms with van der Waals surface area (Å²) in [5.74, 6) is 7.22. The molecule has 0 saturated heterocycles. The lowest BCUT2D eigenvalue weighted by molar-refractivity contribution is 0.0917. The Morgan fingerprint density at radius 1 is 1.11 bits per heavy atom. The van der Waals surface area contributed by atoms with Crippen molar-refractivity contribution in [1.82, 2.24) is 9.78 Å². The first-order valence-corrected chi connectivity index (χ1v) is 11.8. The molecule has 7 heteroatoms. The molecule has 0 saturated carbocycles. The van der Waals surface area contributed by atoms with E-state index in [1.165, 1.54) is 11.3 Å². The summed E-state index contributed by atoms with van der Waals surface area (Å²) in [6, 6.07) is 13.3. The first-order valence-electron chi connectivity index (χ1n) is 11.8. The van der Waals surface area contributed by atoms with Crippen molar-refractivity contribution in [3.63, 3.8) is 0 Å². The van der Waals surface area contributed by atoms with Crippen molar-refractivity contribution >= 4 is 17.4 Å². The van der Waals surface area contributed by atoms with E-state index in [0.717, 1.165) is 18.7 Å². The number of amides is 1. The highest BCUT2D eigenvalue weighted by Crippen LogP contribution is 2.22. The van der Waals surface area contributed by atoms with Gasteiger partial charge in [-0.2, -0.15) is 5.10 Å². The minimum Gasteiger partial charge on any atom is -0.488 e. The van der Waals surface area contributed by atoms with E-state index in [9.17, 15) is 4.79 Å². The monoisotopic (exact) mass is 474 g/mol. The fraction of sp³-hybridized carbons (Fsp3) is 0.357. The molecule has 0 fully saturated rings. The lowest BCUT2D eigenvalue weighted by Gasteiger charge is -2.23. The third kappa shape index (κ3) is 7.11. The number of ether oxygens (including phenoxy) is 2. The number of benzene rings is 2. The Morgan fingerprint density at radius 2 is 1.86 bits per heavy atom. The molecule has 1 aromatic heterocycles. The molecule has 35 heavy (non-hydrogen) atoms. The van der Waals surface area contributed by atoms with Crippen molar-refractivity contribution in [1.29, 1.82) is 0 Å². The van der Waals surface area contributed by atoms with Crippen LogP contribution < -0.4 is 15.0 Å². The summed E-state index contributed by atoms with van der Waals surface area (Å²) in [5.41, 5.74) is 4.44. The van der Waals surface area contributed by atoms with Crippen LogP contribution in [-0.4, -0.2) is 48.6 Å². The minimum absolute atomic E-state index is 0.177. The van der Waals surface area contributed by atoms with Crippen LogP contribution in [0.3, 0.4) is 0 Å². The van der Waals surface area contributed by atoms with Crippen molar-refractivity contribution < 1.29 is 14.3 Å². The van der Waals surface area contributed by atoms with E-state index in [0.29, 0.717) is 29.3 Å². The van der Waals surface area contributed by atoms with Gasteiger partial charge in [-0.3, -0.25) is 9.48 Å². The molecule has 0 radical (unpaired) electrons. The number of carbonyl (C=O) groups is 1. The number of nitrogens with zero attached hydrogens (tertiary/aromatic N) is 3. The zero-order valence-electron chi connectivity index (χ0n) is 21.4. The van der Waals surface area contributed by atoms with Crippen LogP contribution in [0.4, 0.5) is 11.5 Å². The predicted octanol–water partition coefficient (Wildman–Crippen LogP) is 4.64. The summed E-state index contributed by atoms with van der Waals surface area (Å²) < 4.78 is 12.8. The van der Waals surface area contributed by atoms with Gasteiger partial charge in [0.05, 0.1) is 6.61 Å². The fourth-order valence-corrected chi connectivity index (χ4v) is 3.78. The van der Waals surface area contributed by atoms with Gasteiger partial charge in [0.2, 0.25) is 0 Å². The molecular weight excluding hydrogens is 440 g/mol. The maximum absolute atomic E-state index is 12.9. The average molecular weight is 475 g/mol. The first-order chi connectivity index (χ1) is 16.8. The zero-order chi connectivity index (χ0) is 25.4. The maximum atomic E-state index is 12.9. The largest absolute Gasteiger partial charge is 0.488 e. The van der Waals surface area contributed by atoms with Gasteiger partial charge in [0.15, 0.2) is 5.82 Å². The maximum Gasteiger partial charge on any atom is 0.257 e. The van der Waals surface area contributed by atoms with Crippen molar-refractivity contribution in [3.05, 3.63) is 70.9 Å². The van der Waals surface area contributed by atoms with Crippen molar-refractivity contribution in [2.45, 2.75) is 33.8 Å². The average Bonchev–Trinajstić information content (AvgIpc) is 3.24. The molecule has 1 N–H and O–H groups in total. The van der Waals surface area contributed by atoms with E-state index in [1.807, 2.05) is 19.1 Å². The second kappa shape index (κ2) is 12.1. The van der Waals surface area contributed by atoms with Gasteiger partial charge in [-0.1, -0.05) is 17.9 Å². The van der Waals surface area contributed by atoms with E-state index in [4.69, 9.17) is 9.47 Å². The van der Waals surface area contributed by atoms with Crippen LogP contribution in [0.5, 0.6) is 5.75 Å². The predicted molar refractivity (Wildman–Crippen MR) is 140 cm³/mol. The summed E-state index contributed by atoms with van der Waals surface area (Å²) >= 11 is 0. The number of nitrogens with one attached hydrogen (secondary N) is 1. The lowest BCUT2D eigenvalue weighted by Crippen LogP contribution is -2.22. The molecule has 7 nitrogen and oxygen atoms in total. The summed E-state index contributed by atoms with van der Waals surface area (Å²) in [6.07, 6.45) is 1.59. The van der Waals surface area contributed by atoms with Crippen LogP contribution in [-0.2, 0) is 11.8 Å². The summed E-state index contributed by atoms with van der Waals surface area (Å²) in [5, 5.41) is 7.04. The number of aryl methyl sites for hydroxylation is 2. The van der Waals surface area contributed by atoms with Crippen molar-refractivity contribution in [3.8, 4) is 17.6 Å². The molecule has 0 aliphatic heterocycles. The number of carbonyl (C=O) groups excluding carboxylic acids is 1. The normalized spacial score (nSPS) is 11.4. The van der Waals surface area contributed by atoms with Crippen LogP contribution in [0.1, 0.15) is 47.8 Å². The quantitative estimate of drug-likeness (QED) is 0.458. The first kappa shape index (κ1) is 25.9. The Bertz CT molecular complexity index is 1220. The third-order valence-electron chi connectivity index (χ3n) is 5.53. The number of methoxy groups -OCH3 is 1. The Hall–Kier alpha value is -3.76. The minimum atomic E-state index is -0.282. The molecule has 0 aliphatic rings. The number of aromatic nitrogens is 2. The molecular formula is C28H34N4O3. The van der Waals surface area contributed by atoms with Crippen LogP contribution >= 0.6 is 0 Å². The van der Waals surface area contributed by atoms with E-state index in [1.54, 1.807) is 43.2 Å². The van der Waals surface area contributed by atoms with Gasteiger partial charge in [0.25, 0.3) is 5.91 Å². The highest BCUT2D eigenvalue weighted by molar-refractivity contribution is 6.04. The van der Waals surface area contributed by atoms with Gasteiger partial charge >= 0.3 is 0 Å². The van der Waals surface area contributed by atoms with E-state index in [2.05, 4.69) is 60.1 Å². The lowest BCUT2D eigenvalue weighted by atomic mass is 10.1. The van der Waals surface area contributed by atoms with Crippen LogP contribution in [0.25, 0.3) is 0 Å². The molecule has 1 atom stereocenters. The highest BCUT2D eigenvalue weighted by atomic mass is 16.5. The SMILES string of the molecule is CCN(CC)c1cc(C#Cc2cc(O[C@@H](C)COC)cc(C(=O)Nc3ccn(C)n3)c2)ccc1C. The molecule has 0 spiro atoms. The van der Waals surface area contributed by atoms with Crippen molar-refractivity contribution in [2.75, 3.05) is 37.0 Å². The Balaban J connectivity index is 1.94. The van der Waals surface area contributed by atoms with Gasteiger partial charge in [-0.05, 0) is 63.6 Å². The molecule has 1 amide bonds. The number of hydrogen-bond acceptors (Lipinski definition) is 5. The molecule has 1 heterocycles. The summed E-state index contributed by atoms with van der Waals surface area (Å²) in [7, 11) is 3.42. The molecule has 0 bridgehead atoms. The van der Waals surface area contributed by atoms with Gasteiger partial charge in [-0.25, -0.2) is 0 Å². The molecule has 2 aromatic carbocycles. The number of anilines is 2.